The summed E-state index contributed by atoms with van der Waals surface area (Å²) in [6.07, 6.45) is 2.15. The van der Waals surface area contributed by atoms with Crippen LogP contribution in [0, 0.1) is 0 Å². The highest BCUT2D eigenvalue weighted by Crippen LogP contribution is 2.24. The van der Waals surface area contributed by atoms with Gasteiger partial charge in [0, 0.05) is 24.6 Å². The van der Waals surface area contributed by atoms with E-state index in [0.29, 0.717) is 23.7 Å². The van der Waals surface area contributed by atoms with Crippen LogP contribution in [0.2, 0.25) is 0 Å². The zero-order chi connectivity index (χ0) is 12.1. The minimum Gasteiger partial charge on any atom is -0.439 e. The standard InChI is InChI=1S/C13H14N2O2/c14-11-5-7-15-13(9-11)17-12-4-2-1-3-10(12)6-8-16/h1-5,7,9,16H,6,8H2,(H2,14,15). The van der Waals surface area contributed by atoms with E-state index in [0.717, 1.165) is 5.56 Å². The molecule has 17 heavy (non-hydrogen) atoms. The molecule has 0 fully saturated rings. The van der Waals surface area contributed by atoms with Crippen molar-refractivity contribution >= 4 is 5.69 Å². The summed E-state index contributed by atoms with van der Waals surface area (Å²) in [7, 11) is 0. The molecule has 0 aliphatic rings. The zero-order valence-corrected chi connectivity index (χ0v) is 9.34. The van der Waals surface area contributed by atoms with Gasteiger partial charge in [0.1, 0.15) is 5.75 Å². The molecule has 3 N–H and O–H groups in total. The van der Waals surface area contributed by atoms with Gasteiger partial charge < -0.3 is 15.6 Å². The molecular weight excluding hydrogens is 216 g/mol. The molecule has 0 saturated carbocycles. The molecule has 2 aromatic rings. The first-order valence-electron chi connectivity index (χ1n) is 5.38. The molecule has 0 aliphatic heterocycles. The third-order valence-corrected chi connectivity index (χ3v) is 2.33. The topological polar surface area (TPSA) is 68.4 Å². The van der Waals surface area contributed by atoms with E-state index in [9.17, 15) is 0 Å². The van der Waals surface area contributed by atoms with Crippen LogP contribution in [0.1, 0.15) is 5.56 Å². The van der Waals surface area contributed by atoms with Crippen molar-refractivity contribution in [2.75, 3.05) is 12.3 Å². The molecule has 1 aromatic heterocycles. The van der Waals surface area contributed by atoms with E-state index in [1.165, 1.54) is 0 Å². The Balaban J connectivity index is 2.23. The van der Waals surface area contributed by atoms with Crippen molar-refractivity contribution in [1.82, 2.24) is 4.98 Å². The smallest absolute Gasteiger partial charge is 0.221 e. The maximum atomic E-state index is 8.96. The van der Waals surface area contributed by atoms with E-state index in [-0.39, 0.29) is 6.61 Å². The molecule has 0 amide bonds. The number of anilines is 1. The van der Waals surface area contributed by atoms with Crippen molar-refractivity contribution in [2.24, 2.45) is 0 Å². The lowest BCUT2D eigenvalue weighted by Gasteiger charge is -2.09. The lowest BCUT2D eigenvalue weighted by Crippen LogP contribution is -1.96. The van der Waals surface area contributed by atoms with Gasteiger partial charge in [-0.05, 0) is 24.1 Å². The number of hydrogen-bond donors (Lipinski definition) is 2. The average molecular weight is 230 g/mol. The summed E-state index contributed by atoms with van der Waals surface area (Å²) in [6.45, 7) is 0.0880. The molecule has 0 atom stereocenters. The summed E-state index contributed by atoms with van der Waals surface area (Å²) in [6, 6.07) is 10.9. The molecule has 1 heterocycles. The fourth-order valence-electron chi connectivity index (χ4n) is 1.52. The van der Waals surface area contributed by atoms with E-state index in [1.807, 2.05) is 24.3 Å². The lowest BCUT2D eigenvalue weighted by molar-refractivity contribution is 0.297. The zero-order valence-electron chi connectivity index (χ0n) is 9.34. The van der Waals surface area contributed by atoms with Crippen LogP contribution in [-0.2, 0) is 6.42 Å². The number of hydrogen-bond acceptors (Lipinski definition) is 4. The van der Waals surface area contributed by atoms with E-state index < -0.39 is 0 Å². The normalized spacial score (nSPS) is 10.2. The summed E-state index contributed by atoms with van der Waals surface area (Å²) >= 11 is 0. The molecule has 2 rings (SSSR count). The van der Waals surface area contributed by atoms with Crippen molar-refractivity contribution in [2.45, 2.75) is 6.42 Å². The Bertz CT molecular complexity index is 500. The summed E-state index contributed by atoms with van der Waals surface area (Å²) < 4.78 is 5.64. The summed E-state index contributed by atoms with van der Waals surface area (Å²) in [5.41, 5.74) is 7.20. The van der Waals surface area contributed by atoms with E-state index in [2.05, 4.69) is 4.98 Å². The van der Waals surface area contributed by atoms with E-state index >= 15 is 0 Å². The fraction of sp³-hybridized carbons (Fsp3) is 0.154. The van der Waals surface area contributed by atoms with Crippen LogP contribution in [0.15, 0.2) is 42.6 Å². The average Bonchev–Trinajstić information content (AvgIpc) is 2.32. The van der Waals surface area contributed by atoms with Crippen LogP contribution in [-0.4, -0.2) is 16.7 Å². The fourth-order valence-corrected chi connectivity index (χ4v) is 1.52. The van der Waals surface area contributed by atoms with Crippen molar-refractivity contribution < 1.29 is 9.84 Å². The Morgan fingerprint density at radius 3 is 2.82 bits per heavy atom. The van der Waals surface area contributed by atoms with Crippen molar-refractivity contribution in [3.63, 3.8) is 0 Å². The van der Waals surface area contributed by atoms with Crippen molar-refractivity contribution in [3.05, 3.63) is 48.2 Å². The number of aromatic nitrogens is 1. The number of ether oxygens (including phenoxy) is 1. The third kappa shape index (κ3) is 2.95. The summed E-state index contributed by atoms with van der Waals surface area (Å²) in [5, 5.41) is 8.96. The molecule has 0 aliphatic carbocycles. The molecule has 4 nitrogen and oxygen atoms in total. The van der Waals surface area contributed by atoms with Crippen LogP contribution >= 0.6 is 0 Å². The first-order chi connectivity index (χ1) is 8.29. The van der Waals surface area contributed by atoms with E-state index in [4.69, 9.17) is 15.6 Å². The van der Waals surface area contributed by atoms with Crippen LogP contribution < -0.4 is 10.5 Å². The Kier molecular flexibility index (Phi) is 3.57. The lowest BCUT2D eigenvalue weighted by atomic mass is 10.1. The highest BCUT2D eigenvalue weighted by molar-refractivity contribution is 5.42. The van der Waals surface area contributed by atoms with Gasteiger partial charge in [-0.15, -0.1) is 0 Å². The molecule has 4 heteroatoms. The van der Waals surface area contributed by atoms with Gasteiger partial charge in [0.15, 0.2) is 0 Å². The third-order valence-electron chi connectivity index (χ3n) is 2.33. The van der Waals surface area contributed by atoms with E-state index in [1.54, 1.807) is 18.3 Å². The SMILES string of the molecule is Nc1ccnc(Oc2ccccc2CCO)c1. The second-order valence-electron chi connectivity index (χ2n) is 3.61. The predicted molar refractivity (Wildman–Crippen MR) is 66.0 cm³/mol. The second kappa shape index (κ2) is 5.32. The van der Waals surface area contributed by atoms with Gasteiger partial charge in [0.25, 0.3) is 0 Å². The highest BCUT2D eigenvalue weighted by Gasteiger charge is 2.04. The Morgan fingerprint density at radius 2 is 2.06 bits per heavy atom. The van der Waals surface area contributed by atoms with Crippen LogP contribution in [0.3, 0.4) is 0 Å². The number of nitrogens with zero attached hydrogens (tertiary/aromatic N) is 1. The molecular formula is C13H14N2O2. The van der Waals surface area contributed by atoms with Gasteiger partial charge in [-0.3, -0.25) is 0 Å². The first-order valence-corrected chi connectivity index (χ1v) is 5.38. The van der Waals surface area contributed by atoms with Gasteiger partial charge in [0.2, 0.25) is 5.88 Å². The highest BCUT2D eigenvalue weighted by atomic mass is 16.5. The minimum atomic E-state index is 0.0880. The van der Waals surface area contributed by atoms with Crippen molar-refractivity contribution in [3.8, 4) is 11.6 Å². The number of nitrogens with two attached hydrogens (primary N) is 1. The molecule has 88 valence electrons. The van der Waals surface area contributed by atoms with Crippen molar-refractivity contribution in [1.29, 1.82) is 0 Å². The molecule has 0 bridgehead atoms. The number of aliphatic hydroxyl groups excluding tert-OH is 1. The Hall–Kier alpha value is -2.07. The number of nitrogen functional groups attached to an aromatic ring is 1. The minimum absolute atomic E-state index is 0.0880. The Morgan fingerprint density at radius 1 is 1.24 bits per heavy atom. The first kappa shape index (κ1) is 11.4. The monoisotopic (exact) mass is 230 g/mol. The molecule has 0 spiro atoms. The molecule has 0 radical (unpaired) electrons. The Labute approximate surface area is 99.7 Å². The molecule has 0 saturated heterocycles. The quantitative estimate of drug-likeness (QED) is 0.842. The second-order valence-corrected chi connectivity index (χ2v) is 3.61. The number of benzene rings is 1. The van der Waals surface area contributed by atoms with Crippen LogP contribution in [0.25, 0.3) is 0 Å². The number of para-hydroxylation sites is 1. The van der Waals surface area contributed by atoms with Gasteiger partial charge in [-0.2, -0.15) is 0 Å². The largest absolute Gasteiger partial charge is 0.439 e. The van der Waals surface area contributed by atoms with Gasteiger partial charge in [0.05, 0.1) is 0 Å². The number of aliphatic hydroxyl groups is 1. The van der Waals surface area contributed by atoms with Crippen LogP contribution in [0.5, 0.6) is 11.6 Å². The molecule has 0 unspecified atom stereocenters. The summed E-state index contributed by atoms with van der Waals surface area (Å²) in [4.78, 5) is 4.07. The maximum Gasteiger partial charge on any atom is 0.221 e. The van der Waals surface area contributed by atoms with Gasteiger partial charge in [-0.25, -0.2) is 4.98 Å². The van der Waals surface area contributed by atoms with Gasteiger partial charge >= 0.3 is 0 Å². The van der Waals surface area contributed by atoms with Gasteiger partial charge in [-0.1, -0.05) is 18.2 Å². The predicted octanol–water partition coefficient (Wildman–Crippen LogP) is 1.99. The maximum absolute atomic E-state index is 8.96. The number of pyridine rings is 1. The number of rotatable bonds is 4. The molecule has 1 aromatic carbocycles. The summed E-state index contributed by atoms with van der Waals surface area (Å²) in [5.74, 6) is 1.15. The van der Waals surface area contributed by atoms with Crippen LogP contribution in [0.4, 0.5) is 5.69 Å².